The van der Waals surface area contributed by atoms with Crippen LogP contribution in [0.4, 0.5) is 0 Å². The number of ether oxygens (including phenoxy) is 1. The molecule has 0 amide bonds. The van der Waals surface area contributed by atoms with Crippen LogP contribution in [0.3, 0.4) is 0 Å². The van der Waals surface area contributed by atoms with Crippen molar-refractivity contribution in [1.82, 2.24) is 15.0 Å². The van der Waals surface area contributed by atoms with Crippen molar-refractivity contribution in [2.24, 2.45) is 0 Å². The Labute approximate surface area is 112 Å². The Hall–Kier alpha value is -2.35. The molecular weight excluding hydrogens is 240 g/mol. The zero-order valence-corrected chi connectivity index (χ0v) is 11.1. The number of hydrogen-bond acceptors (Lipinski definition) is 3. The lowest BCUT2D eigenvalue weighted by Crippen LogP contribution is -2.11. The number of fused-ring (bicyclic) bond motifs is 1. The van der Waals surface area contributed by atoms with Crippen molar-refractivity contribution in [2.75, 3.05) is 0 Å². The summed E-state index contributed by atoms with van der Waals surface area (Å²) < 4.78 is 5.83. The van der Waals surface area contributed by atoms with E-state index in [1.165, 1.54) is 12.5 Å². The number of allylic oxidation sites excluding steroid dienone is 1. The topological polar surface area (TPSA) is 55.2 Å². The molecule has 98 valence electrons. The smallest absolute Gasteiger partial charge is 0.226 e. The third-order valence-corrected chi connectivity index (χ3v) is 2.92. The number of aromatic nitrogens is 3. The highest BCUT2D eigenvalue weighted by atomic mass is 16.5. The number of hydrogen-bond donors (Lipinski definition) is 1. The number of rotatable bonds is 5. The van der Waals surface area contributed by atoms with Crippen molar-refractivity contribution in [1.29, 1.82) is 0 Å². The van der Waals surface area contributed by atoms with Crippen LogP contribution in [0.5, 0.6) is 5.88 Å². The molecule has 0 radical (unpaired) electrons. The molecule has 0 aliphatic rings. The molecule has 0 saturated heterocycles. The number of nitrogens with zero attached hydrogens (tertiary/aromatic N) is 3. The molecule has 2 aromatic rings. The highest BCUT2D eigenvalue weighted by molar-refractivity contribution is 5.84. The molecule has 0 spiro atoms. The monoisotopic (exact) mass is 256 g/mol. The van der Waals surface area contributed by atoms with Crippen molar-refractivity contribution in [2.45, 2.75) is 32.8 Å². The van der Waals surface area contributed by atoms with Gasteiger partial charge in [0.2, 0.25) is 5.88 Å². The molecular formula is C14H16N4O. The molecule has 0 aliphatic heterocycles. The van der Waals surface area contributed by atoms with Crippen LogP contribution >= 0.6 is 0 Å². The van der Waals surface area contributed by atoms with E-state index in [1.807, 2.05) is 19.2 Å². The lowest BCUT2D eigenvalue weighted by Gasteiger charge is -2.12. The maximum absolute atomic E-state index is 6.74. The summed E-state index contributed by atoms with van der Waals surface area (Å²) in [5, 5.41) is 0.900. The molecule has 2 heterocycles. The molecule has 1 N–H and O–H groups in total. The SMILES string of the molecule is [C-]#[N+]/C=C\Cc1c[nH]c2ncnc(OC(C)CC)c12. The van der Waals surface area contributed by atoms with Gasteiger partial charge in [-0.05, 0) is 25.3 Å². The zero-order chi connectivity index (χ0) is 13.7. The van der Waals surface area contributed by atoms with Gasteiger partial charge in [-0.2, -0.15) is 0 Å². The lowest BCUT2D eigenvalue weighted by atomic mass is 10.2. The molecule has 5 nitrogen and oxygen atoms in total. The maximum Gasteiger partial charge on any atom is 0.226 e. The Morgan fingerprint density at radius 2 is 2.37 bits per heavy atom. The minimum Gasteiger partial charge on any atom is -0.474 e. The fourth-order valence-electron chi connectivity index (χ4n) is 1.75. The van der Waals surface area contributed by atoms with Crippen LogP contribution in [-0.2, 0) is 6.42 Å². The van der Waals surface area contributed by atoms with Gasteiger partial charge >= 0.3 is 0 Å². The van der Waals surface area contributed by atoms with Crippen LogP contribution in [-0.4, -0.2) is 21.1 Å². The minimum atomic E-state index is 0.111. The summed E-state index contributed by atoms with van der Waals surface area (Å²) in [6.45, 7) is 10.8. The van der Waals surface area contributed by atoms with Crippen molar-refractivity contribution in [3.8, 4) is 5.88 Å². The van der Waals surface area contributed by atoms with Crippen LogP contribution in [0, 0.1) is 6.57 Å². The molecule has 0 aromatic carbocycles. The average Bonchev–Trinajstić information content (AvgIpc) is 2.83. The molecule has 1 atom stereocenters. The molecule has 0 fully saturated rings. The third-order valence-electron chi connectivity index (χ3n) is 2.92. The predicted octanol–water partition coefficient (Wildman–Crippen LogP) is 3.11. The molecule has 1 unspecified atom stereocenters. The Morgan fingerprint density at radius 1 is 1.53 bits per heavy atom. The van der Waals surface area contributed by atoms with Crippen LogP contribution in [0.15, 0.2) is 24.8 Å². The first-order valence-electron chi connectivity index (χ1n) is 6.25. The van der Waals surface area contributed by atoms with E-state index in [0.29, 0.717) is 12.3 Å². The summed E-state index contributed by atoms with van der Waals surface area (Å²) in [6.07, 6.45) is 8.34. The fourth-order valence-corrected chi connectivity index (χ4v) is 1.75. The van der Waals surface area contributed by atoms with E-state index in [0.717, 1.165) is 23.0 Å². The zero-order valence-electron chi connectivity index (χ0n) is 11.1. The van der Waals surface area contributed by atoms with Crippen molar-refractivity contribution < 1.29 is 4.74 Å². The van der Waals surface area contributed by atoms with Crippen LogP contribution in [0.2, 0.25) is 0 Å². The first kappa shape index (κ1) is 13.1. The molecule has 0 bridgehead atoms. The maximum atomic E-state index is 6.74. The largest absolute Gasteiger partial charge is 0.474 e. The summed E-state index contributed by atoms with van der Waals surface area (Å²) in [4.78, 5) is 14.7. The molecule has 19 heavy (non-hydrogen) atoms. The first-order valence-corrected chi connectivity index (χ1v) is 6.25. The summed E-state index contributed by atoms with van der Waals surface area (Å²) in [5.41, 5.74) is 1.80. The van der Waals surface area contributed by atoms with Crippen molar-refractivity contribution in [3.05, 3.63) is 41.8 Å². The van der Waals surface area contributed by atoms with Gasteiger partial charge in [0.1, 0.15) is 12.0 Å². The lowest BCUT2D eigenvalue weighted by molar-refractivity contribution is 0.211. The summed E-state index contributed by atoms with van der Waals surface area (Å²) in [5.74, 6) is 0.604. The molecule has 0 saturated carbocycles. The van der Waals surface area contributed by atoms with Gasteiger partial charge in [-0.25, -0.2) is 14.8 Å². The van der Waals surface area contributed by atoms with Gasteiger partial charge in [-0.15, -0.1) is 0 Å². The van der Waals surface area contributed by atoms with Crippen LogP contribution in [0.25, 0.3) is 15.9 Å². The first-order chi connectivity index (χ1) is 9.26. The third kappa shape index (κ3) is 2.91. The van der Waals surface area contributed by atoms with Gasteiger partial charge in [0.05, 0.1) is 18.1 Å². The second-order valence-electron chi connectivity index (χ2n) is 4.27. The number of nitrogens with one attached hydrogen (secondary N) is 1. The van der Waals surface area contributed by atoms with E-state index in [2.05, 4.69) is 26.7 Å². The second-order valence-corrected chi connectivity index (χ2v) is 4.27. The quantitative estimate of drug-likeness (QED) is 0.836. The average molecular weight is 256 g/mol. The molecule has 2 rings (SSSR count). The van der Waals surface area contributed by atoms with Gasteiger partial charge in [0.25, 0.3) is 0 Å². The van der Waals surface area contributed by atoms with Gasteiger partial charge in [0.15, 0.2) is 6.20 Å². The second kappa shape index (κ2) is 6.01. The molecule has 5 heteroatoms. The van der Waals surface area contributed by atoms with E-state index in [-0.39, 0.29) is 6.10 Å². The van der Waals surface area contributed by atoms with Crippen molar-refractivity contribution in [3.63, 3.8) is 0 Å². The number of H-pyrrole nitrogens is 1. The van der Waals surface area contributed by atoms with E-state index in [9.17, 15) is 0 Å². The van der Waals surface area contributed by atoms with Crippen LogP contribution < -0.4 is 4.74 Å². The Morgan fingerprint density at radius 3 is 3.11 bits per heavy atom. The van der Waals surface area contributed by atoms with E-state index >= 15 is 0 Å². The highest BCUT2D eigenvalue weighted by Gasteiger charge is 2.13. The van der Waals surface area contributed by atoms with E-state index < -0.39 is 0 Å². The molecule has 2 aromatic heterocycles. The fraction of sp³-hybridized carbons (Fsp3) is 0.357. The van der Waals surface area contributed by atoms with Crippen LogP contribution in [0.1, 0.15) is 25.8 Å². The van der Waals surface area contributed by atoms with E-state index in [4.69, 9.17) is 11.3 Å². The minimum absolute atomic E-state index is 0.111. The van der Waals surface area contributed by atoms with E-state index in [1.54, 1.807) is 0 Å². The summed E-state index contributed by atoms with van der Waals surface area (Å²) in [7, 11) is 0. The Bertz CT molecular complexity index is 624. The summed E-state index contributed by atoms with van der Waals surface area (Å²) >= 11 is 0. The summed E-state index contributed by atoms with van der Waals surface area (Å²) in [6, 6.07) is 0. The van der Waals surface area contributed by atoms with Gasteiger partial charge in [-0.1, -0.05) is 13.0 Å². The Kier molecular flexibility index (Phi) is 4.14. The Balaban J connectivity index is 2.38. The predicted molar refractivity (Wildman–Crippen MR) is 73.7 cm³/mol. The van der Waals surface area contributed by atoms with Crippen molar-refractivity contribution >= 4 is 11.0 Å². The van der Waals surface area contributed by atoms with Gasteiger partial charge < -0.3 is 9.72 Å². The van der Waals surface area contributed by atoms with Gasteiger partial charge in [0, 0.05) is 6.20 Å². The standard InChI is InChI=1S/C14H16N4O/c1-4-10(2)19-14-12-11(6-5-7-15-3)8-16-13(12)17-9-18-14/h5,7-10H,4,6H2,1-2H3,(H,16,17,18)/b7-5-. The highest BCUT2D eigenvalue weighted by Crippen LogP contribution is 2.26. The normalized spacial score (nSPS) is 12.7. The molecule has 0 aliphatic carbocycles. The number of aromatic amines is 1. The van der Waals surface area contributed by atoms with Gasteiger partial charge in [-0.3, -0.25) is 0 Å².